The summed E-state index contributed by atoms with van der Waals surface area (Å²) in [5.41, 5.74) is 11.1. The van der Waals surface area contributed by atoms with Crippen LogP contribution in [0.4, 0.5) is 0 Å². The monoisotopic (exact) mass is 702 g/mol. The first-order valence-corrected chi connectivity index (χ1v) is 16.1. The van der Waals surface area contributed by atoms with Crippen LogP contribution in [0.1, 0.15) is 64.9 Å². The van der Waals surface area contributed by atoms with E-state index < -0.39 is 102 Å². The lowest BCUT2D eigenvalue weighted by Crippen LogP contribution is -2.60. The predicted octanol–water partition coefficient (Wildman–Crippen LogP) is -2.96. The molecule has 8 amide bonds. The summed E-state index contributed by atoms with van der Waals surface area (Å²) in [6.07, 6.45) is -1.65. The molecule has 2 rings (SSSR count). The minimum Gasteiger partial charge on any atom is -0.508 e. The van der Waals surface area contributed by atoms with E-state index in [-0.39, 0.29) is 37.9 Å². The molecule has 0 unspecified atom stereocenters. The lowest BCUT2D eigenvalue weighted by molar-refractivity contribution is -0.136. The number of Topliss-reactive ketones (excluding diaryl/α,β-unsaturated/α-hetero) is 1. The van der Waals surface area contributed by atoms with Crippen molar-refractivity contribution >= 4 is 53.0 Å². The van der Waals surface area contributed by atoms with Crippen molar-refractivity contribution in [2.75, 3.05) is 6.54 Å². The summed E-state index contributed by atoms with van der Waals surface area (Å²) in [6, 6.07) is -1.06. The molecule has 274 valence electrons. The number of ketones is 1. The van der Waals surface area contributed by atoms with Crippen molar-refractivity contribution in [1.82, 2.24) is 31.9 Å². The van der Waals surface area contributed by atoms with Crippen LogP contribution in [0.25, 0.3) is 0 Å². The van der Waals surface area contributed by atoms with Gasteiger partial charge in [-0.2, -0.15) is 0 Å². The van der Waals surface area contributed by atoms with E-state index >= 15 is 0 Å². The summed E-state index contributed by atoms with van der Waals surface area (Å²) in [5, 5.41) is 24.4. The Morgan fingerprint density at radius 1 is 0.800 bits per heavy atom. The molecule has 1 aliphatic rings. The third kappa shape index (κ3) is 13.5. The summed E-state index contributed by atoms with van der Waals surface area (Å²) >= 11 is 0. The maximum atomic E-state index is 13.7. The number of benzene rings is 1. The van der Waals surface area contributed by atoms with Crippen LogP contribution in [0, 0.1) is 5.92 Å². The molecule has 11 N–H and O–H groups in total. The number of phenolic OH excluding ortho intramolecular Hbond substituents is 1. The number of carbonyl (C=O) groups is 9. The zero-order chi connectivity index (χ0) is 37.5. The Bertz CT molecular complexity index is 1450. The van der Waals surface area contributed by atoms with Crippen LogP contribution in [-0.2, 0) is 49.6 Å². The van der Waals surface area contributed by atoms with Crippen LogP contribution in [0.15, 0.2) is 24.3 Å². The molecule has 0 saturated carbocycles. The third-order valence-electron chi connectivity index (χ3n) is 8.09. The number of rotatable bonds is 10. The van der Waals surface area contributed by atoms with Gasteiger partial charge in [0.1, 0.15) is 29.9 Å². The summed E-state index contributed by atoms with van der Waals surface area (Å²) in [4.78, 5) is 115. The molecular formula is C32H46N8O10. The zero-order valence-electron chi connectivity index (χ0n) is 28.2. The molecule has 1 heterocycles. The average Bonchev–Trinajstić information content (AvgIpc) is 3.05. The zero-order valence-corrected chi connectivity index (χ0v) is 28.2. The lowest BCUT2D eigenvalue weighted by Gasteiger charge is -2.29. The number of hydrogen-bond donors (Lipinski definition) is 9. The molecule has 1 aromatic rings. The van der Waals surface area contributed by atoms with E-state index in [1.54, 1.807) is 13.8 Å². The minimum absolute atomic E-state index is 0.0304. The second-order valence-corrected chi connectivity index (χ2v) is 12.1. The first-order valence-electron chi connectivity index (χ1n) is 16.1. The molecule has 0 aliphatic carbocycles. The highest BCUT2D eigenvalue weighted by Crippen LogP contribution is 2.14. The number of phenols is 1. The fraction of sp³-hybridized carbons (Fsp3) is 0.531. The molecule has 0 spiro atoms. The molecule has 6 atom stereocenters. The molecule has 50 heavy (non-hydrogen) atoms. The Hall–Kier alpha value is -5.55. The molecule has 0 aromatic heterocycles. The standard InChI is InChI=1S/C32H46N8O10/c1-4-16(2)28-32(50)38-21(9-11-24(33)43)29(47)39-23(14-25(34)44)30(48)37-20(17(3)41)10-12-26(45)35-15-27(46)36-22(31(49)40-28)13-18-5-7-19(42)8-6-18/h5-8,16,20-23,28,42H,4,9-15H2,1-3H3,(H2,33,43)(H2,34,44)(H,35,45)(H,36,46)(H,37,48)(H,38,50)(H,39,47)(H,40,49)/t16-,20-,21-,22-,23-,28-/m0/s1. The van der Waals surface area contributed by atoms with Gasteiger partial charge in [0.05, 0.1) is 19.0 Å². The number of nitrogens with two attached hydrogens (primary N) is 2. The van der Waals surface area contributed by atoms with Crippen LogP contribution in [0.2, 0.25) is 0 Å². The number of amides is 8. The Kier molecular flexibility index (Phi) is 15.8. The maximum Gasteiger partial charge on any atom is 0.243 e. The molecule has 1 aromatic carbocycles. The predicted molar refractivity (Wildman–Crippen MR) is 176 cm³/mol. The van der Waals surface area contributed by atoms with Gasteiger partial charge in [0.15, 0.2) is 5.78 Å². The van der Waals surface area contributed by atoms with Crippen molar-refractivity contribution in [3.05, 3.63) is 29.8 Å². The largest absolute Gasteiger partial charge is 0.508 e. The first-order chi connectivity index (χ1) is 23.5. The summed E-state index contributed by atoms with van der Waals surface area (Å²) < 4.78 is 0. The van der Waals surface area contributed by atoms with Crippen molar-refractivity contribution in [1.29, 1.82) is 0 Å². The van der Waals surface area contributed by atoms with E-state index in [2.05, 4.69) is 31.9 Å². The second-order valence-electron chi connectivity index (χ2n) is 12.1. The lowest BCUT2D eigenvalue weighted by atomic mass is 9.96. The first kappa shape index (κ1) is 40.6. The van der Waals surface area contributed by atoms with E-state index in [0.29, 0.717) is 12.0 Å². The van der Waals surface area contributed by atoms with Gasteiger partial charge in [0.2, 0.25) is 47.3 Å². The minimum atomic E-state index is -1.62. The number of hydrogen-bond acceptors (Lipinski definition) is 10. The van der Waals surface area contributed by atoms with Gasteiger partial charge in [-0.1, -0.05) is 32.4 Å². The van der Waals surface area contributed by atoms with Gasteiger partial charge >= 0.3 is 0 Å². The molecular weight excluding hydrogens is 656 g/mol. The highest BCUT2D eigenvalue weighted by atomic mass is 16.3. The van der Waals surface area contributed by atoms with E-state index in [0.717, 1.165) is 6.92 Å². The third-order valence-corrected chi connectivity index (χ3v) is 8.09. The SMILES string of the molecule is CC[C@H](C)[C@@H]1NC(=O)[C@H](Cc2ccc(O)cc2)NC(=O)CNC(=O)CC[C@@H](C(C)=O)NC(=O)[C@H](CC(N)=O)NC(=O)[C@H](CCC(N)=O)NC1=O. The Labute approximate surface area is 288 Å². The average molecular weight is 703 g/mol. The Balaban J connectivity index is 2.55. The summed E-state index contributed by atoms with van der Waals surface area (Å²) in [6.45, 7) is 4.00. The van der Waals surface area contributed by atoms with Crippen LogP contribution < -0.4 is 43.4 Å². The van der Waals surface area contributed by atoms with Crippen LogP contribution in [0.3, 0.4) is 0 Å². The van der Waals surface area contributed by atoms with Gasteiger partial charge in [-0.05, 0) is 43.4 Å². The van der Waals surface area contributed by atoms with E-state index in [1.807, 2.05) is 0 Å². The summed E-state index contributed by atoms with van der Waals surface area (Å²) in [5.74, 6) is -7.95. The van der Waals surface area contributed by atoms with Crippen LogP contribution in [-0.4, -0.2) is 94.9 Å². The number of aromatic hydroxyl groups is 1. The number of primary amides is 2. The van der Waals surface area contributed by atoms with Crippen molar-refractivity contribution in [3.8, 4) is 5.75 Å². The fourth-order valence-electron chi connectivity index (χ4n) is 4.97. The molecule has 0 bridgehead atoms. The smallest absolute Gasteiger partial charge is 0.243 e. The maximum absolute atomic E-state index is 13.7. The Morgan fingerprint density at radius 3 is 1.98 bits per heavy atom. The van der Waals surface area contributed by atoms with Gasteiger partial charge in [0, 0.05) is 19.3 Å². The second kappa shape index (κ2) is 19.4. The highest BCUT2D eigenvalue weighted by Gasteiger charge is 2.35. The molecule has 1 fully saturated rings. The topological polar surface area (TPSA) is 298 Å². The molecule has 0 radical (unpaired) electrons. The molecule has 18 heteroatoms. The molecule has 1 saturated heterocycles. The van der Waals surface area contributed by atoms with Gasteiger partial charge < -0.3 is 48.5 Å². The molecule has 18 nitrogen and oxygen atoms in total. The van der Waals surface area contributed by atoms with Crippen LogP contribution >= 0.6 is 0 Å². The fourth-order valence-corrected chi connectivity index (χ4v) is 4.97. The van der Waals surface area contributed by atoms with Crippen molar-refractivity contribution in [2.24, 2.45) is 17.4 Å². The van der Waals surface area contributed by atoms with E-state index in [4.69, 9.17) is 11.5 Å². The highest BCUT2D eigenvalue weighted by molar-refractivity contribution is 5.98. The Morgan fingerprint density at radius 2 is 1.40 bits per heavy atom. The van der Waals surface area contributed by atoms with Gasteiger partial charge in [0.25, 0.3) is 0 Å². The van der Waals surface area contributed by atoms with Gasteiger partial charge in [-0.3, -0.25) is 43.2 Å². The van der Waals surface area contributed by atoms with Crippen molar-refractivity contribution in [2.45, 2.75) is 95.9 Å². The molecule has 1 aliphatic heterocycles. The number of carbonyl (C=O) groups excluding carboxylic acids is 9. The normalized spacial score (nSPS) is 23.9. The number of nitrogens with one attached hydrogen (secondary N) is 6. The quantitative estimate of drug-likeness (QED) is 0.119. The van der Waals surface area contributed by atoms with Crippen molar-refractivity contribution < 1.29 is 48.3 Å². The van der Waals surface area contributed by atoms with E-state index in [9.17, 15) is 48.3 Å². The van der Waals surface area contributed by atoms with Gasteiger partial charge in [-0.25, -0.2) is 0 Å². The van der Waals surface area contributed by atoms with Crippen molar-refractivity contribution in [3.63, 3.8) is 0 Å². The van der Waals surface area contributed by atoms with Crippen LogP contribution in [0.5, 0.6) is 5.75 Å². The van der Waals surface area contributed by atoms with E-state index in [1.165, 1.54) is 24.3 Å². The summed E-state index contributed by atoms with van der Waals surface area (Å²) in [7, 11) is 0. The van der Waals surface area contributed by atoms with Gasteiger partial charge in [-0.15, -0.1) is 0 Å².